The van der Waals surface area contributed by atoms with E-state index in [9.17, 15) is 4.79 Å². The van der Waals surface area contributed by atoms with Crippen molar-refractivity contribution < 1.29 is 9.53 Å². The molecule has 22 heavy (non-hydrogen) atoms. The number of rotatable bonds is 2. The van der Waals surface area contributed by atoms with Crippen LogP contribution in [0, 0.1) is 0 Å². The third-order valence-electron chi connectivity index (χ3n) is 3.83. The van der Waals surface area contributed by atoms with Gasteiger partial charge in [0.15, 0.2) is 0 Å². The fourth-order valence-electron chi connectivity index (χ4n) is 2.58. The monoisotopic (exact) mass is 304 g/mol. The molecule has 4 nitrogen and oxygen atoms in total. The van der Waals surface area contributed by atoms with Crippen molar-refractivity contribution >= 4 is 6.09 Å². The van der Waals surface area contributed by atoms with Crippen molar-refractivity contribution in [3.05, 3.63) is 35.4 Å². The normalized spacial score (nSPS) is 19.4. The predicted molar refractivity (Wildman–Crippen MR) is 89.1 cm³/mol. The lowest BCUT2D eigenvalue weighted by Gasteiger charge is -2.35. The Morgan fingerprint density at radius 1 is 1.27 bits per heavy atom. The number of amides is 1. The van der Waals surface area contributed by atoms with Gasteiger partial charge < -0.3 is 15.0 Å². The highest BCUT2D eigenvalue weighted by atomic mass is 16.6. The zero-order valence-corrected chi connectivity index (χ0v) is 14.3. The molecule has 0 spiro atoms. The van der Waals surface area contributed by atoms with E-state index in [2.05, 4.69) is 43.4 Å². The van der Waals surface area contributed by atoms with Crippen molar-refractivity contribution in [2.45, 2.75) is 52.2 Å². The van der Waals surface area contributed by atoms with E-state index in [4.69, 9.17) is 4.74 Å². The molecule has 0 aromatic heterocycles. The van der Waals surface area contributed by atoms with Crippen LogP contribution in [0.15, 0.2) is 24.3 Å². The molecule has 0 unspecified atom stereocenters. The maximum absolute atomic E-state index is 12.2. The van der Waals surface area contributed by atoms with Crippen LogP contribution in [0.25, 0.3) is 0 Å². The molecule has 1 aliphatic heterocycles. The number of hydrogen-bond acceptors (Lipinski definition) is 3. The molecule has 0 aliphatic carbocycles. The quantitative estimate of drug-likeness (QED) is 0.906. The van der Waals surface area contributed by atoms with Crippen LogP contribution in [0.4, 0.5) is 4.79 Å². The number of nitrogens with zero attached hydrogens (tertiary/aromatic N) is 1. The van der Waals surface area contributed by atoms with Crippen molar-refractivity contribution in [3.8, 4) is 0 Å². The number of hydrogen-bond donors (Lipinski definition) is 1. The van der Waals surface area contributed by atoms with E-state index < -0.39 is 5.60 Å². The molecule has 1 fully saturated rings. The highest BCUT2D eigenvalue weighted by Crippen LogP contribution is 2.22. The van der Waals surface area contributed by atoms with Gasteiger partial charge in [0, 0.05) is 19.6 Å². The Kier molecular flexibility index (Phi) is 5.12. The van der Waals surface area contributed by atoms with Crippen LogP contribution < -0.4 is 5.32 Å². The molecule has 0 saturated carbocycles. The summed E-state index contributed by atoms with van der Waals surface area (Å²) in [7, 11) is 0. The van der Waals surface area contributed by atoms with E-state index in [0.717, 1.165) is 6.54 Å². The minimum absolute atomic E-state index is 0.169. The first-order valence-electron chi connectivity index (χ1n) is 8.07. The zero-order valence-electron chi connectivity index (χ0n) is 14.3. The predicted octanol–water partition coefficient (Wildman–Crippen LogP) is 3.69. The average Bonchev–Trinajstić information content (AvgIpc) is 2.46. The first-order valence-corrected chi connectivity index (χ1v) is 8.07. The second kappa shape index (κ2) is 6.69. The topological polar surface area (TPSA) is 41.6 Å². The van der Waals surface area contributed by atoms with E-state index in [0.29, 0.717) is 19.0 Å². The summed E-state index contributed by atoms with van der Waals surface area (Å²) < 4.78 is 5.47. The summed E-state index contributed by atoms with van der Waals surface area (Å²) in [5, 5.41) is 3.48. The minimum Gasteiger partial charge on any atom is -0.444 e. The molecule has 122 valence electrons. The van der Waals surface area contributed by atoms with Crippen molar-refractivity contribution in [1.82, 2.24) is 10.2 Å². The summed E-state index contributed by atoms with van der Waals surface area (Å²) in [6, 6.07) is 8.84. The number of piperazine rings is 1. The fraction of sp³-hybridized carbons (Fsp3) is 0.611. The molecule has 1 N–H and O–H groups in total. The van der Waals surface area contributed by atoms with Gasteiger partial charge >= 0.3 is 6.09 Å². The van der Waals surface area contributed by atoms with Gasteiger partial charge in [0.2, 0.25) is 0 Å². The number of benzene rings is 1. The van der Waals surface area contributed by atoms with Crippen LogP contribution in [-0.2, 0) is 4.74 Å². The molecular formula is C18H28N2O2. The highest BCUT2D eigenvalue weighted by Gasteiger charge is 2.27. The van der Waals surface area contributed by atoms with Crippen molar-refractivity contribution in [2.24, 2.45) is 0 Å². The lowest BCUT2D eigenvalue weighted by atomic mass is 9.98. The van der Waals surface area contributed by atoms with Gasteiger partial charge in [0.05, 0.1) is 6.04 Å². The smallest absolute Gasteiger partial charge is 0.410 e. The minimum atomic E-state index is -0.448. The van der Waals surface area contributed by atoms with E-state index in [1.165, 1.54) is 11.1 Å². The van der Waals surface area contributed by atoms with Crippen LogP contribution >= 0.6 is 0 Å². The second-order valence-electron chi connectivity index (χ2n) is 7.25. The Bertz CT molecular complexity index is 503. The Hall–Kier alpha value is -1.55. The summed E-state index contributed by atoms with van der Waals surface area (Å²) in [4.78, 5) is 14.0. The number of carbonyl (C=O) groups is 1. The molecular weight excluding hydrogens is 276 g/mol. The highest BCUT2D eigenvalue weighted by molar-refractivity contribution is 5.68. The summed E-state index contributed by atoms with van der Waals surface area (Å²) in [5.41, 5.74) is 2.11. The lowest BCUT2D eigenvalue weighted by molar-refractivity contribution is 0.0195. The van der Waals surface area contributed by atoms with Gasteiger partial charge in [-0.25, -0.2) is 4.79 Å². The van der Waals surface area contributed by atoms with E-state index >= 15 is 0 Å². The molecule has 1 saturated heterocycles. The van der Waals surface area contributed by atoms with Crippen LogP contribution in [0.2, 0.25) is 0 Å². The lowest BCUT2D eigenvalue weighted by Crippen LogP contribution is -2.49. The summed E-state index contributed by atoms with van der Waals surface area (Å²) >= 11 is 0. The fourth-order valence-corrected chi connectivity index (χ4v) is 2.58. The molecule has 0 radical (unpaired) electrons. The Labute approximate surface area is 133 Å². The van der Waals surface area contributed by atoms with Crippen LogP contribution in [-0.4, -0.2) is 36.2 Å². The van der Waals surface area contributed by atoms with Crippen molar-refractivity contribution in [2.75, 3.05) is 19.6 Å². The first kappa shape index (κ1) is 16.8. The molecule has 1 atom stereocenters. The molecule has 1 heterocycles. The van der Waals surface area contributed by atoms with Gasteiger partial charge in [-0.15, -0.1) is 0 Å². The SMILES string of the molecule is CC(C)c1ccc([C@H]2CN(C(=O)OC(C)(C)C)CCN2)cc1. The molecule has 1 aromatic rings. The van der Waals surface area contributed by atoms with Gasteiger partial charge in [-0.2, -0.15) is 0 Å². The zero-order chi connectivity index (χ0) is 16.3. The maximum Gasteiger partial charge on any atom is 0.410 e. The number of carbonyl (C=O) groups excluding carboxylic acids is 1. The van der Waals surface area contributed by atoms with Gasteiger partial charge in [-0.05, 0) is 37.8 Å². The largest absolute Gasteiger partial charge is 0.444 e. The van der Waals surface area contributed by atoms with Crippen LogP contribution in [0.3, 0.4) is 0 Å². The van der Waals surface area contributed by atoms with E-state index in [-0.39, 0.29) is 12.1 Å². The maximum atomic E-state index is 12.2. The van der Waals surface area contributed by atoms with Crippen LogP contribution in [0.5, 0.6) is 0 Å². The molecule has 4 heteroatoms. The van der Waals surface area contributed by atoms with Crippen molar-refractivity contribution in [1.29, 1.82) is 0 Å². The van der Waals surface area contributed by atoms with Gasteiger partial charge in [0.1, 0.15) is 5.60 Å². The summed E-state index contributed by atoms with van der Waals surface area (Å²) in [6.45, 7) is 12.2. The van der Waals surface area contributed by atoms with E-state index in [1.807, 2.05) is 20.8 Å². The molecule has 1 aliphatic rings. The van der Waals surface area contributed by atoms with Crippen molar-refractivity contribution in [3.63, 3.8) is 0 Å². The van der Waals surface area contributed by atoms with Gasteiger partial charge in [-0.1, -0.05) is 38.1 Å². The van der Waals surface area contributed by atoms with Crippen LogP contribution in [0.1, 0.15) is 57.7 Å². The average molecular weight is 304 g/mol. The second-order valence-corrected chi connectivity index (χ2v) is 7.25. The Morgan fingerprint density at radius 3 is 2.45 bits per heavy atom. The third-order valence-corrected chi connectivity index (χ3v) is 3.83. The Balaban J connectivity index is 2.02. The van der Waals surface area contributed by atoms with Gasteiger partial charge in [0.25, 0.3) is 0 Å². The molecule has 0 bridgehead atoms. The van der Waals surface area contributed by atoms with E-state index in [1.54, 1.807) is 4.90 Å². The molecule has 1 amide bonds. The molecule has 2 rings (SSSR count). The first-order chi connectivity index (χ1) is 10.3. The molecule has 1 aromatic carbocycles. The van der Waals surface area contributed by atoms with Gasteiger partial charge in [-0.3, -0.25) is 0 Å². The number of nitrogens with one attached hydrogen (secondary N) is 1. The number of ether oxygens (including phenoxy) is 1. The summed E-state index contributed by atoms with van der Waals surface area (Å²) in [6.07, 6.45) is -0.224. The standard InChI is InChI=1S/C18H28N2O2/c1-13(2)14-6-8-15(9-7-14)16-12-20(11-10-19-16)17(21)22-18(3,4)5/h6-9,13,16,19H,10-12H2,1-5H3/t16-/m1/s1. The Morgan fingerprint density at radius 2 is 1.91 bits per heavy atom. The summed E-state index contributed by atoms with van der Waals surface area (Å²) in [5.74, 6) is 0.534. The third kappa shape index (κ3) is 4.47.